The summed E-state index contributed by atoms with van der Waals surface area (Å²) in [4.78, 5) is 12.0. The van der Waals surface area contributed by atoms with Gasteiger partial charge >= 0.3 is 0 Å². The summed E-state index contributed by atoms with van der Waals surface area (Å²) < 4.78 is 5.04. The summed E-state index contributed by atoms with van der Waals surface area (Å²) in [6, 6.07) is 5.45. The fourth-order valence-electron chi connectivity index (χ4n) is 1.61. The quantitative estimate of drug-likeness (QED) is 0.765. The van der Waals surface area contributed by atoms with Gasteiger partial charge in [0.25, 0.3) is 5.91 Å². The lowest BCUT2D eigenvalue weighted by Gasteiger charge is -2.16. The minimum absolute atomic E-state index is 0.0215. The predicted octanol–water partition coefficient (Wildman–Crippen LogP) is 1.73. The topological polar surface area (TPSA) is 64.3 Å². The number of hydrogen-bond acceptors (Lipinski definition) is 3. The maximum absolute atomic E-state index is 12.0. The van der Waals surface area contributed by atoms with Crippen LogP contribution in [-0.4, -0.2) is 25.7 Å². The molecule has 1 aromatic rings. The van der Waals surface area contributed by atoms with Gasteiger partial charge < -0.3 is 15.8 Å². The van der Waals surface area contributed by atoms with E-state index in [-0.39, 0.29) is 11.9 Å². The Morgan fingerprint density at radius 2 is 2.24 bits per heavy atom. The van der Waals surface area contributed by atoms with Crippen molar-refractivity contribution in [3.8, 4) is 0 Å². The maximum Gasteiger partial charge on any atom is 0.253 e. The van der Waals surface area contributed by atoms with Gasteiger partial charge in [-0.3, -0.25) is 4.79 Å². The molecular formula is C13H20N2O2. The summed E-state index contributed by atoms with van der Waals surface area (Å²) in [5.41, 5.74) is 7.89. The molecule has 4 nitrogen and oxygen atoms in total. The predicted molar refractivity (Wildman–Crippen MR) is 69.0 cm³/mol. The Morgan fingerprint density at radius 1 is 1.53 bits per heavy atom. The zero-order chi connectivity index (χ0) is 12.8. The van der Waals surface area contributed by atoms with Crippen LogP contribution in [0.25, 0.3) is 0 Å². The molecule has 0 bridgehead atoms. The number of nitrogen functional groups attached to an aromatic ring is 1. The second-order valence-electron chi connectivity index (χ2n) is 4.12. The van der Waals surface area contributed by atoms with Crippen LogP contribution < -0.4 is 11.1 Å². The van der Waals surface area contributed by atoms with Crippen molar-refractivity contribution in [1.82, 2.24) is 5.32 Å². The molecule has 0 heterocycles. The Bertz CT molecular complexity index is 391. The van der Waals surface area contributed by atoms with Crippen molar-refractivity contribution in [2.75, 3.05) is 19.5 Å². The molecule has 0 aliphatic heterocycles. The van der Waals surface area contributed by atoms with E-state index in [1.54, 1.807) is 19.2 Å². The number of aryl methyl sites for hydroxylation is 1. The van der Waals surface area contributed by atoms with Crippen molar-refractivity contribution in [3.63, 3.8) is 0 Å². The van der Waals surface area contributed by atoms with Crippen molar-refractivity contribution in [2.45, 2.75) is 26.3 Å². The SMILES string of the molecule is CCC(COC)NC(=O)c1ccc(C)cc1N. The molecule has 0 saturated carbocycles. The molecule has 0 saturated heterocycles. The summed E-state index contributed by atoms with van der Waals surface area (Å²) in [6.07, 6.45) is 0.825. The molecule has 0 radical (unpaired) electrons. The van der Waals surface area contributed by atoms with Crippen molar-refractivity contribution in [2.24, 2.45) is 0 Å². The van der Waals surface area contributed by atoms with Crippen LogP contribution in [0.15, 0.2) is 18.2 Å². The Morgan fingerprint density at radius 3 is 2.76 bits per heavy atom. The van der Waals surface area contributed by atoms with E-state index in [4.69, 9.17) is 10.5 Å². The number of hydrogen-bond donors (Lipinski definition) is 2. The zero-order valence-corrected chi connectivity index (χ0v) is 10.6. The van der Waals surface area contributed by atoms with Gasteiger partial charge in [0.05, 0.1) is 18.2 Å². The minimum atomic E-state index is -0.147. The molecule has 0 spiro atoms. The summed E-state index contributed by atoms with van der Waals surface area (Å²) in [5, 5.41) is 2.90. The Labute approximate surface area is 102 Å². The van der Waals surface area contributed by atoms with Crippen LogP contribution in [0.3, 0.4) is 0 Å². The van der Waals surface area contributed by atoms with Gasteiger partial charge in [-0.1, -0.05) is 13.0 Å². The van der Waals surface area contributed by atoms with Crippen molar-refractivity contribution in [3.05, 3.63) is 29.3 Å². The number of amides is 1. The van der Waals surface area contributed by atoms with E-state index < -0.39 is 0 Å². The summed E-state index contributed by atoms with van der Waals surface area (Å²) in [5.74, 6) is -0.147. The second-order valence-corrected chi connectivity index (χ2v) is 4.12. The van der Waals surface area contributed by atoms with Crippen LogP contribution >= 0.6 is 0 Å². The van der Waals surface area contributed by atoms with E-state index in [2.05, 4.69) is 5.32 Å². The molecule has 0 aromatic heterocycles. The fraction of sp³-hybridized carbons (Fsp3) is 0.462. The smallest absolute Gasteiger partial charge is 0.253 e. The third kappa shape index (κ3) is 3.75. The Kier molecular flexibility index (Phi) is 4.97. The number of nitrogens with one attached hydrogen (secondary N) is 1. The molecule has 1 amide bonds. The number of carbonyl (C=O) groups is 1. The van der Waals surface area contributed by atoms with E-state index in [0.29, 0.717) is 17.9 Å². The monoisotopic (exact) mass is 236 g/mol. The highest BCUT2D eigenvalue weighted by molar-refractivity contribution is 5.99. The molecule has 0 aliphatic rings. The van der Waals surface area contributed by atoms with Crippen molar-refractivity contribution < 1.29 is 9.53 Å². The summed E-state index contributed by atoms with van der Waals surface area (Å²) in [7, 11) is 1.62. The number of anilines is 1. The first-order valence-corrected chi connectivity index (χ1v) is 5.74. The lowest BCUT2D eigenvalue weighted by molar-refractivity contribution is 0.0895. The van der Waals surface area contributed by atoms with E-state index in [0.717, 1.165) is 12.0 Å². The van der Waals surface area contributed by atoms with E-state index in [1.807, 2.05) is 19.9 Å². The van der Waals surface area contributed by atoms with Crippen molar-refractivity contribution in [1.29, 1.82) is 0 Å². The van der Waals surface area contributed by atoms with Crippen LogP contribution in [0.4, 0.5) is 5.69 Å². The molecular weight excluding hydrogens is 216 g/mol. The van der Waals surface area contributed by atoms with Crippen LogP contribution in [0.5, 0.6) is 0 Å². The van der Waals surface area contributed by atoms with Gasteiger partial charge in [-0.25, -0.2) is 0 Å². The number of carbonyl (C=O) groups excluding carboxylic acids is 1. The highest BCUT2D eigenvalue weighted by Crippen LogP contribution is 2.13. The zero-order valence-electron chi connectivity index (χ0n) is 10.6. The van der Waals surface area contributed by atoms with E-state index >= 15 is 0 Å². The number of benzene rings is 1. The first-order chi connectivity index (χ1) is 8.08. The van der Waals surface area contributed by atoms with Gasteiger partial charge in [-0.05, 0) is 31.0 Å². The molecule has 3 N–H and O–H groups in total. The van der Waals surface area contributed by atoms with Crippen LogP contribution in [0, 0.1) is 6.92 Å². The molecule has 17 heavy (non-hydrogen) atoms. The molecule has 1 aromatic carbocycles. The molecule has 94 valence electrons. The summed E-state index contributed by atoms with van der Waals surface area (Å²) in [6.45, 7) is 4.45. The molecule has 1 atom stereocenters. The van der Waals surface area contributed by atoms with Gasteiger partial charge in [0, 0.05) is 12.8 Å². The largest absolute Gasteiger partial charge is 0.398 e. The summed E-state index contributed by atoms with van der Waals surface area (Å²) >= 11 is 0. The third-order valence-corrected chi connectivity index (χ3v) is 2.65. The van der Waals surface area contributed by atoms with Gasteiger partial charge in [-0.15, -0.1) is 0 Å². The lowest BCUT2D eigenvalue weighted by atomic mass is 10.1. The van der Waals surface area contributed by atoms with Crippen LogP contribution in [0.2, 0.25) is 0 Å². The number of ether oxygens (including phenoxy) is 1. The van der Waals surface area contributed by atoms with E-state index in [1.165, 1.54) is 0 Å². The van der Waals surface area contributed by atoms with Gasteiger partial charge in [0.2, 0.25) is 0 Å². The number of nitrogens with two attached hydrogens (primary N) is 1. The molecule has 1 rings (SSSR count). The van der Waals surface area contributed by atoms with Crippen molar-refractivity contribution >= 4 is 11.6 Å². The minimum Gasteiger partial charge on any atom is -0.398 e. The highest BCUT2D eigenvalue weighted by Gasteiger charge is 2.14. The second kappa shape index (κ2) is 6.25. The standard InChI is InChI=1S/C13H20N2O2/c1-4-10(8-17-3)15-13(16)11-6-5-9(2)7-12(11)14/h5-7,10H,4,8,14H2,1-3H3,(H,15,16). The highest BCUT2D eigenvalue weighted by atomic mass is 16.5. The maximum atomic E-state index is 12.0. The van der Waals surface area contributed by atoms with Crippen LogP contribution in [0.1, 0.15) is 29.3 Å². The van der Waals surface area contributed by atoms with Gasteiger partial charge in [-0.2, -0.15) is 0 Å². The number of methoxy groups -OCH3 is 1. The number of rotatable bonds is 5. The molecule has 1 unspecified atom stereocenters. The average Bonchev–Trinajstić information content (AvgIpc) is 2.28. The first-order valence-electron chi connectivity index (χ1n) is 5.74. The molecule has 0 fully saturated rings. The third-order valence-electron chi connectivity index (χ3n) is 2.65. The average molecular weight is 236 g/mol. The normalized spacial score (nSPS) is 12.2. The first kappa shape index (κ1) is 13.5. The Balaban J connectivity index is 2.75. The van der Waals surface area contributed by atoms with E-state index in [9.17, 15) is 4.79 Å². The molecule has 4 heteroatoms. The Hall–Kier alpha value is -1.55. The van der Waals surface area contributed by atoms with Gasteiger partial charge in [0.1, 0.15) is 0 Å². The lowest BCUT2D eigenvalue weighted by Crippen LogP contribution is -2.37. The van der Waals surface area contributed by atoms with Gasteiger partial charge in [0.15, 0.2) is 0 Å². The van der Waals surface area contributed by atoms with Crippen LogP contribution in [-0.2, 0) is 4.74 Å². The fourth-order valence-corrected chi connectivity index (χ4v) is 1.61. The molecule has 0 aliphatic carbocycles.